The molecule has 2 nitrogen and oxygen atoms in total. The van der Waals surface area contributed by atoms with Crippen molar-refractivity contribution in [1.82, 2.24) is 5.43 Å². The Labute approximate surface area is 118 Å². The first-order chi connectivity index (χ1) is 9.46. The SMILES string of the molecule is NNC(CCCC(F)(F)F)C1C2CC3CC(C2)CC1C3. The normalized spacial score (nSPS) is 41.1. The summed E-state index contributed by atoms with van der Waals surface area (Å²) in [5.41, 5.74) is 2.85. The van der Waals surface area contributed by atoms with Gasteiger partial charge in [0.1, 0.15) is 0 Å². The monoisotopic (exact) mass is 290 g/mol. The van der Waals surface area contributed by atoms with Crippen LogP contribution < -0.4 is 11.3 Å². The van der Waals surface area contributed by atoms with Gasteiger partial charge >= 0.3 is 6.18 Å². The molecule has 0 aromatic carbocycles. The van der Waals surface area contributed by atoms with Crippen LogP contribution in [0.25, 0.3) is 0 Å². The highest BCUT2D eigenvalue weighted by Gasteiger charge is 2.50. The molecule has 4 aliphatic carbocycles. The van der Waals surface area contributed by atoms with E-state index in [0.717, 1.165) is 11.8 Å². The zero-order valence-electron chi connectivity index (χ0n) is 11.8. The van der Waals surface area contributed by atoms with Crippen LogP contribution in [0.15, 0.2) is 0 Å². The second kappa shape index (κ2) is 5.48. The van der Waals surface area contributed by atoms with Crippen molar-refractivity contribution < 1.29 is 13.2 Å². The maximum absolute atomic E-state index is 12.3. The summed E-state index contributed by atoms with van der Waals surface area (Å²) in [6, 6.07) is 0.0762. The molecule has 4 rings (SSSR count). The maximum atomic E-state index is 12.3. The predicted octanol–water partition coefficient (Wildman–Crippen LogP) is 3.62. The van der Waals surface area contributed by atoms with E-state index in [0.29, 0.717) is 24.2 Å². The van der Waals surface area contributed by atoms with Crippen molar-refractivity contribution >= 4 is 0 Å². The summed E-state index contributed by atoms with van der Waals surface area (Å²) in [5, 5.41) is 0. The van der Waals surface area contributed by atoms with E-state index in [1.54, 1.807) is 0 Å². The number of nitrogens with one attached hydrogen (secondary N) is 1. The molecule has 0 amide bonds. The van der Waals surface area contributed by atoms with Gasteiger partial charge in [-0.25, -0.2) is 0 Å². The van der Waals surface area contributed by atoms with Crippen LogP contribution in [-0.2, 0) is 0 Å². The molecule has 0 aromatic rings. The Morgan fingerprint density at radius 3 is 2.00 bits per heavy atom. The predicted molar refractivity (Wildman–Crippen MR) is 71.6 cm³/mol. The van der Waals surface area contributed by atoms with Gasteiger partial charge in [-0.15, -0.1) is 0 Å². The van der Waals surface area contributed by atoms with Gasteiger partial charge in [0.05, 0.1) is 0 Å². The van der Waals surface area contributed by atoms with Crippen molar-refractivity contribution in [2.75, 3.05) is 0 Å². The molecule has 3 N–H and O–H groups in total. The third-order valence-corrected chi connectivity index (χ3v) is 5.95. The van der Waals surface area contributed by atoms with E-state index in [1.165, 1.54) is 32.1 Å². The van der Waals surface area contributed by atoms with E-state index in [-0.39, 0.29) is 12.5 Å². The summed E-state index contributed by atoms with van der Waals surface area (Å²) in [6.45, 7) is 0. The first-order valence-corrected chi connectivity index (χ1v) is 7.99. The van der Waals surface area contributed by atoms with Crippen molar-refractivity contribution in [3.63, 3.8) is 0 Å². The molecule has 116 valence electrons. The Hall–Kier alpha value is -0.290. The number of halogens is 3. The highest BCUT2D eigenvalue weighted by molar-refractivity contribution is 5.01. The molecule has 0 heterocycles. The Bertz CT molecular complexity index is 315. The Morgan fingerprint density at radius 1 is 1.00 bits per heavy atom. The molecular formula is C15H25F3N2. The molecule has 4 bridgehead atoms. The minimum Gasteiger partial charge on any atom is -0.271 e. The van der Waals surface area contributed by atoms with Gasteiger partial charge in [-0.2, -0.15) is 13.2 Å². The molecule has 4 saturated carbocycles. The summed E-state index contributed by atoms with van der Waals surface area (Å²) < 4.78 is 36.9. The fraction of sp³-hybridized carbons (Fsp3) is 1.00. The van der Waals surface area contributed by atoms with Gasteiger partial charge in [0, 0.05) is 12.5 Å². The van der Waals surface area contributed by atoms with E-state index in [1.807, 2.05) is 0 Å². The zero-order valence-corrected chi connectivity index (χ0v) is 11.8. The standard InChI is InChI=1S/C15H25F3N2/c16-15(17,18)3-1-2-13(20-19)14-11-5-9-4-10(7-11)8-12(14)6-9/h9-14,20H,1-8,19H2. The molecule has 4 aliphatic rings. The van der Waals surface area contributed by atoms with Crippen LogP contribution in [0, 0.1) is 29.6 Å². The highest BCUT2D eigenvalue weighted by Crippen LogP contribution is 2.57. The third-order valence-electron chi connectivity index (χ3n) is 5.95. The molecular weight excluding hydrogens is 265 g/mol. The molecule has 0 aromatic heterocycles. The van der Waals surface area contributed by atoms with Crippen LogP contribution >= 0.6 is 0 Å². The molecule has 1 unspecified atom stereocenters. The maximum Gasteiger partial charge on any atom is 0.389 e. The number of alkyl halides is 3. The Balaban J connectivity index is 1.58. The number of rotatable bonds is 5. The number of hydrogen-bond donors (Lipinski definition) is 2. The summed E-state index contributed by atoms with van der Waals surface area (Å²) in [5.74, 6) is 9.38. The molecule has 0 saturated heterocycles. The second-order valence-electron chi connectivity index (χ2n) is 7.29. The molecule has 0 radical (unpaired) electrons. The highest BCUT2D eigenvalue weighted by atomic mass is 19.4. The lowest BCUT2D eigenvalue weighted by Gasteiger charge is -2.56. The molecule has 4 fully saturated rings. The van der Waals surface area contributed by atoms with Crippen molar-refractivity contribution in [3.8, 4) is 0 Å². The minimum absolute atomic E-state index is 0.0762. The van der Waals surface area contributed by atoms with Crippen molar-refractivity contribution in [2.24, 2.45) is 35.4 Å². The number of hydrazine groups is 1. The van der Waals surface area contributed by atoms with Crippen molar-refractivity contribution in [1.29, 1.82) is 0 Å². The first kappa shape index (κ1) is 14.6. The topological polar surface area (TPSA) is 38.0 Å². The van der Waals surface area contributed by atoms with E-state index >= 15 is 0 Å². The number of nitrogens with two attached hydrogens (primary N) is 1. The van der Waals surface area contributed by atoms with Gasteiger partial charge in [-0.1, -0.05) is 0 Å². The van der Waals surface area contributed by atoms with Gasteiger partial charge in [-0.05, 0) is 74.5 Å². The van der Waals surface area contributed by atoms with Crippen molar-refractivity contribution in [3.05, 3.63) is 0 Å². The average Bonchev–Trinajstić information content (AvgIpc) is 2.34. The van der Waals surface area contributed by atoms with Crippen LogP contribution in [0.1, 0.15) is 51.4 Å². The summed E-state index contributed by atoms with van der Waals surface area (Å²) >= 11 is 0. The fourth-order valence-electron chi connectivity index (χ4n) is 5.53. The van der Waals surface area contributed by atoms with Crippen LogP contribution in [0.3, 0.4) is 0 Å². The van der Waals surface area contributed by atoms with Crippen LogP contribution in [0.4, 0.5) is 13.2 Å². The van der Waals surface area contributed by atoms with E-state index in [2.05, 4.69) is 5.43 Å². The molecule has 5 heteroatoms. The Morgan fingerprint density at radius 2 is 1.55 bits per heavy atom. The van der Waals surface area contributed by atoms with Gasteiger partial charge in [0.15, 0.2) is 0 Å². The molecule has 0 spiro atoms. The lowest BCUT2D eigenvalue weighted by Crippen LogP contribution is -2.54. The first-order valence-electron chi connectivity index (χ1n) is 7.99. The lowest BCUT2D eigenvalue weighted by molar-refractivity contribution is -0.136. The lowest BCUT2D eigenvalue weighted by atomic mass is 9.50. The van der Waals surface area contributed by atoms with E-state index in [4.69, 9.17) is 5.84 Å². The van der Waals surface area contributed by atoms with E-state index < -0.39 is 12.6 Å². The van der Waals surface area contributed by atoms with Gasteiger partial charge in [-0.3, -0.25) is 11.3 Å². The van der Waals surface area contributed by atoms with Gasteiger partial charge in [0.25, 0.3) is 0 Å². The third kappa shape index (κ3) is 2.98. The Kier molecular flexibility index (Phi) is 4.01. The van der Waals surface area contributed by atoms with Crippen LogP contribution in [0.2, 0.25) is 0 Å². The number of hydrogen-bond acceptors (Lipinski definition) is 2. The second-order valence-corrected chi connectivity index (χ2v) is 7.29. The molecule has 1 atom stereocenters. The van der Waals surface area contributed by atoms with Gasteiger partial charge < -0.3 is 0 Å². The quantitative estimate of drug-likeness (QED) is 0.599. The van der Waals surface area contributed by atoms with Crippen LogP contribution in [0.5, 0.6) is 0 Å². The summed E-state index contributed by atoms with van der Waals surface area (Å²) in [7, 11) is 0. The van der Waals surface area contributed by atoms with Crippen molar-refractivity contribution in [2.45, 2.75) is 63.6 Å². The van der Waals surface area contributed by atoms with Crippen LogP contribution in [-0.4, -0.2) is 12.2 Å². The largest absolute Gasteiger partial charge is 0.389 e. The van der Waals surface area contributed by atoms with E-state index in [9.17, 15) is 13.2 Å². The average molecular weight is 290 g/mol. The summed E-state index contributed by atoms with van der Waals surface area (Å²) in [4.78, 5) is 0. The fourth-order valence-corrected chi connectivity index (χ4v) is 5.53. The smallest absolute Gasteiger partial charge is 0.271 e. The molecule has 0 aliphatic heterocycles. The molecule has 20 heavy (non-hydrogen) atoms. The minimum atomic E-state index is -4.04. The van der Waals surface area contributed by atoms with Gasteiger partial charge in [0.2, 0.25) is 0 Å². The summed E-state index contributed by atoms with van der Waals surface area (Å²) in [6.07, 6.45) is 2.58. The zero-order chi connectivity index (χ0) is 14.3.